The third-order valence-electron chi connectivity index (χ3n) is 4.63. The summed E-state index contributed by atoms with van der Waals surface area (Å²) >= 11 is 0. The number of rotatable bonds is 25. The van der Waals surface area contributed by atoms with Gasteiger partial charge in [0.25, 0.3) is 0 Å². The summed E-state index contributed by atoms with van der Waals surface area (Å²) in [6, 6.07) is 0. The fourth-order valence-corrected chi connectivity index (χ4v) is 2.98. The van der Waals surface area contributed by atoms with Crippen LogP contribution in [-0.2, 0) is 47.4 Å². The summed E-state index contributed by atoms with van der Waals surface area (Å²) in [7, 11) is 1.40. The zero-order valence-corrected chi connectivity index (χ0v) is 22.1. The van der Waals surface area contributed by atoms with Crippen molar-refractivity contribution in [2.45, 2.75) is 56.3 Å². The van der Waals surface area contributed by atoms with Crippen LogP contribution in [0.15, 0.2) is 0 Å². The smallest absolute Gasteiger partial charge is 0.394 e. The van der Waals surface area contributed by atoms with Gasteiger partial charge in [-0.25, -0.2) is 9.47 Å². The quantitative estimate of drug-likeness (QED) is 0.0889. The zero-order valence-electron chi connectivity index (χ0n) is 22.1. The van der Waals surface area contributed by atoms with Crippen LogP contribution in [-0.4, -0.2) is 134 Å². The maximum Gasteiger partial charge on any atom is 0.495 e. The number of hydrogen-bond acceptors (Lipinski definition) is 12. The number of methoxy groups -OCH3 is 1. The van der Waals surface area contributed by atoms with Crippen LogP contribution in [0.4, 0.5) is 26.3 Å². The SMILES string of the molecule is COCOC(COCCOC1CCCCO1)COCC(O)COCC(F)(F)OC(F)(F)OC(F)(F)COCCO. The van der Waals surface area contributed by atoms with E-state index in [2.05, 4.69) is 18.9 Å². The molecule has 40 heavy (non-hydrogen) atoms. The lowest BCUT2D eigenvalue weighted by molar-refractivity contribution is -0.518. The van der Waals surface area contributed by atoms with Crippen LogP contribution in [0.2, 0.25) is 0 Å². The largest absolute Gasteiger partial charge is 0.495 e. The van der Waals surface area contributed by atoms with E-state index in [1.54, 1.807) is 0 Å². The Labute approximate surface area is 227 Å². The predicted octanol–water partition coefficient (Wildman–Crippen LogP) is 1.71. The highest BCUT2D eigenvalue weighted by atomic mass is 19.3. The van der Waals surface area contributed by atoms with Gasteiger partial charge >= 0.3 is 18.5 Å². The van der Waals surface area contributed by atoms with Crippen LogP contribution in [0.3, 0.4) is 0 Å². The molecule has 1 rings (SSSR count). The molecule has 3 unspecified atom stereocenters. The second-order valence-corrected chi connectivity index (χ2v) is 8.36. The number of hydrogen-bond donors (Lipinski definition) is 2. The summed E-state index contributed by atoms with van der Waals surface area (Å²) in [6.45, 7) is -4.97. The van der Waals surface area contributed by atoms with Crippen LogP contribution >= 0.6 is 0 Å². The molecule has 1 fully saturated rings. The molecule has 0 spiro atoms. The Hall–Kier alpha value is -0.900. The van der Waals surface area contributed by atoms with Gasteiger partial charge in [0.15, 0.2) is 6.29 Å². The topological polar surface area (TPSA) is 133 Å². The first-order valence-corrected chi connectivity index (χ1v) is 12.4. The van der Waals surface area contributed by atoms with Crippen LogP contribution in [0.5, 0.6) is 0 Å². The van der Waals surface area contributed by atoms with Crippen LogP contribution in [0.1, 0.15) is 19.3 Å². The van der Waals surface area contributed by atoms with E-state index in [1.165, 1.54) is 7.11 Å². The fraction of sp³-hybridized carbons (Fsp3) is 1.00. The third-order valence-corrected chi connectivity index (χ3v) is 4.63. The van der Waals surface area contributed by atoms with Gasteiger partial charge in [-0.15, -0.1) is 8.78 Å². The van der Waals surface area contributed by atoms with Gasteiger partial charge in [0.2, 0.25) is 0 Å². The molecule has 1 heterocycles. The van der Waals surface area contributed by atoms with Crippen molar-refractivity contribution in [3.05, 3.63) is 0 Å². The lowest BCUT2D eigenvalue weighted by Crippen LogP contribution is -2.44. The van der Waals surface area contributed by atoms with E-state index in [0.29, 0.717) is 13.2 Å². The second kappa shape index (κ2) is 20.1. The van der Waals surface area contributed by atoms with Gasteiger partial charge in [-0.1, -0.05) is 0 Å². The van der Waals surface area contributed by atoms with E-state index >= 15 is 0 Å². The second-order valence-electron chi connectivity index (χ2n) is 8.36. The highest BCUT2D eigenvalue weighted by Crippen LogP contribution is 2.33. The zero-order chi connectivity index (χ0) is 29.9. The molecule has 2 N–H and O–H groups in total. The molecule has 12 nitrogen and oxygen atoms in total. The van der Waals surface area contributed by atoms with E-state index in [-0.39, 0.29) is 32.9 Å². The minimum absolute atomic E-state index is 0.0806. The highest BCUT2D eigenvalue weighted by molar-refractivity contribution is 4.61. The molecule has 3 atom stereocenters. The summed E-state index contributed by atoms with van der Waals surface area (Å²) in [5, 5.41) is 18.2. The Morgan fingerprint density at radius 1 is 0.825 bits per heavy atom. The van der Waals surface area contributed by atoms with Crippen molar-refractivity contribution in [3.8, 4) is 0 Å². The normalized spacial score (nSPS) is 18.7. The number of alkyl halides is 6. The Kier molecular flexibility index (Phi) is 18.6. The van der Waals surface area contributed by atoms with Gasteiger partial charge in [-0.05, 0) is 19.3 Å². The van der Waals surface area contributed by atoms with Crippen LogP contribution in [0, 0.1) is 0 Å². The Balaban J connectivity index is 2.27. The molecule has 0 amide bonds. The lowest BCUT2D eigenvalue weighted by atomic mass is 10.2. The van der Waals surface area contributed by atoms with E-state index in [1.807, 2.05) is 0 Å². The molecular weight excluding hydrogens is 570 g/mol. The molecule has 18 heteroatoms. The number of aliphatic hydroxyl groups excluding tert-OH is 2. The lowest BCUT2D eigenvalue weighted by Gasteiger charge is -2.26. The standard InChI is InChI=1S/C22H38F6O12/c1-31-16-38-18(12-32-8-9-37-19-4-2-3-6-36-19)13-34-10-17(30)11-35-15-21(25,26)40-22(27,28)39-20(23,24)14-33-7-5-29/h17-19,29-30H,2-16H2,1H3. The molecule has 1 saturated heterocycles. The van der Waals surface area contributed by atoms with Crippen LogP contribution < -0.4 is 0 Å². The molecule has 0 aliphatic carbocycles. The summed E-state index contributed by atoms with van der Waals surface area (Å²) in [4.78, 5) is 0. The molecule has 240 valence electrons. The van der Waals surface area contributed by atoms with E-state index < -0.39 is 70.4 Å². The maximum absolute atomic E-state index is 13.6. The van der Waals surface area contributed by atoms with Gasteiger partial charge in [0.05, 0.1) is 52.9 Å². The number of halogens is 6. The Morgan fingerprint density at radius 2 is 1.48 bits per heavy atom. The summed E-state index contributed by atoms with van der Waals surface area (Å²) in [6.07, 6.45) is -14.4. The van der Waals surface area contributed by atoms with Crippen molar-refractivity contribution in [1.29, 1.82) is 0 Å². The number of ether oxygens (including phenoxy) is 10. The molecule has 1 aliphatic heterocycles. The van der Waals surface area contributed by atoms with E-state index in [4.69, 9.17) is 33.5 Å². The van der Waals surface area contributed by atoms with Gasteiger partial charge < -0.3 is 48.1 Å². The van der Waals surface area contributed by atoms with Crippen LogP contribution in [0.25, 0.3) is 0 Å². The van der Waals surface area contributed by atoms with E-state index in [0.717, 1.165) is 19.3 Å². The first-order valence-electron chi connectivity index (χ1n) is 12.4. The van der Waals surface area contributed by atoms with Gasteiger partial charge in [0.1, 0.15) is 32.2 Å². The molecule has 0 aromatic rings. The number of aliphatic hydroxyl groups is 2. The van der Waals surface area contributed by atoms with Crippen molar-refractivity contribution in [1.82, 2.24) is 0 Å². The minimum atomic E-state index is -5.42. The van der Waals surface area contributed by atoms with Gasteiger partial charge in [0, 0.05) is 13.7 Å². The summed E-state index contributed by atoms with van der Waals surface area (Å²) < 4.78 is 127. The first kappa shape index (κ1) is 37.1. The highest BCUT2D eigenvalue weighted by Gasteiger charge is 2.52. The predicted molar refractivity (Wildman–Crippen MR) is 120 cm³/mol. The van der Waals surface area contributed by atoms with Gasteiger partial charge in [-0.2, -0.15) is 17.6 Å². The molecule has 0 radical (unpaired) electrons. The fourth-order valence-electron chi connectivity index (χ4n) is 2.98. The Morgan fingerprint density at radius 3 is 2.10 bits per heavy atom. The van der Waals surface area contributed by atoms with Gasteiger partial charge in [-0.3, -0.25) is 0 Å². The average Bonchev–Trinajstić information content (AvgIpc) is 2.85. The molecule has 1 aliphatic rings. The maximum atomic E-state index is 13.6. The monoisotopic (exact) mass is 608 g/mol. The van der Waals surface area contributed by atoms with Crippen molar-refractivity contribution in [2.75, 3.05) is 86.6 Å². The third kappa shape index (κ3) is 19.3. The molecule has 0 saturated carbocycles. The van der Waals surface area contributed by atoms with E-state index in [9.17, 15) is 31.4 Å². The Bertz CT molecular complexity index is 631. The van der Waals surface area contributed by atoms with Crippen molar-refractivity contribution in [3.63, 3.8) is 0 Å². The first-order chi connectivity index (χ1) is 18.9. The molecule has 0 bridgehead atoms. The van der Waals surface area contributed by atoms with Crippen molar-refractivity contribution >= 4 is 0 Å². The molecule has 0 aromatic carbocycles. The minimum Gasteiger partial charge on any atom is -0.394 e. The van der Waals surface area contributed by atoms with Crippen molar-refractivity contribution in [2.24, 2.45) is 0 Å². The summed E-state index contributed by atoms with van der Waals surface area (Å²) in [5.74, 6) is 0. The molecule has 0 aromatic heterocycles. The van der Waals surface area contributed by atoms with Crippen molar-refractivity contribution < 1.29 is 83.9 Å². The molecular formula is C22H38F6O12. The average molecular weight is 609 g/mol. The summed E-state index contributed by atoms with van der Waals surface area (Å²) in [5.41, 5.74) is 0.